The van der Waals surface area contributed by atoms with Crippen molar-refractivity contribution in [2.45, 2.75) is 25.3 Å². The van der Waals surface area contributed by atoms with Gasteiger partial charge in [0.05, 0.1) is 14.2 Å². The summed E-state index contributed by atoms with van der Waals surface area (Å²) in [4.78, 5) is 0. The molecule has 1 aliphatic heterocycles. The Bertz CT molecular complexity index is 402. The lowest BCUT2D eigenvalue weighted by Crippen LogP contribution is -2.22. The van der Waals surface area contributed by atoms with E-state index in [1.807, 2.05) is 18.2 Å². The number of rotatable bonds is 5. The molecule has 4 heteroatoms. The Balaban J connectivity index is 2.11. The second kappa shape index (κ2) is 6.78. The van der Waals surface area contributed by atoms with Crippen molar-refractivity contribution >= 4 is 0 Å². The molecule has 106 valence electrons. The molecule has 0 amide bonds. The van der Waals surface area contributed by atoms with Crippen molar-refractivity contribution < 1.29 is 14.2 Å². The summed E-state index contributed by atoms with van der Waals surface area (Å²) < 4.78 is 16.1. The zero-order chi connectivity index (χ0) is 13.7. The minimum atomic E-state index is -0.0202. The third-order valence-corrected chi connectivity index (χ3v) is 3.76. The maximum atomic E-state index is 6.35. The van der Waals surface area contributed by atoms with Gasteiger partial charge in [0, 0.05) is 24.8 Å². The number of hydrogen-bond donors (Lipinski definition) is 1. The molecule has 1 fully saturated rings. The Morgan fingerprint density at radius 2 is 2.00 bits per heavy atom. The van der Waals surface area contributed by atoms with Gasteiger partial charge in [0.25, 0.3) is 0 Å². The molecule has 0 radical (unpaired) electrons. The maximum absolute atomic E-state index is 6.35. The third-order valence-electron chi connectivity index (χ3n) is 3.76. The van der Waals surface area contributed by atoms with Gasteiger partial charge in [-0.25, -0.2) is 0 Å². The van der Waals surface area contributed by atoms with Crippen LogP contribution in [0.2, 0.25) is 0 Å². The van der Waals surface area contributed by atoms with E-state index in [9.17, 15) is 0 Å². The Morgan fingerprint density at radius 3 is 2.63 bits per heavy atom. The van der Waals surface area contributed by atoms with E-state index < -0.39 is 0 Å². The van der Waals surface area contributed by atoms with Crippen molar-refractivity contribution in [3.05, 3.63) is 23.8 Å². The quantitative estimate of drug-likeness (QED) is 0.889. The molecule has 1 aliphatic rings. The minimum Gasteiger partial charge on any atom is -0.493 e. The summed E-state index contributed by atoms with van der Waals surface area (Å²) in [6, 6.07) is 5.85. The summed E-state index contributed by atoms with van der Waals surface area (Å²) in [5.41, 5.74) is 7.37. The highest BCUT2D eigenvalue weighted by molar-refractivity contribution is 5.48. The first-order valence-corrected chi connectivity index (χ1v) is 6.80. The van der Waals surface area contributed by atoms with Gasteiger partial charge in [-0.2, -0.15) is 0 Å². The van der Waals surface area contributed by atoms with E-state index in [0.717, 1.165) is 49.5 Å². The SMILES string of the molecule is COc1cccc(C(N)CC2CCOCC2)c1OC. The Hall–Kier alpha value is -1.26. The highest BCUT2D eigenvalue weighted by atomic mass is 16.5. The molecule has 0 aromatic heterocycles. The van der Waals surface area contributed by atoms with Crippen molar-refractivity contribution in [3.63, 3.8) is 0 Å². The first kappa shape index (κ1) is 14.2. The number of ether oxygens (including phenoxy) is 3. The average molecular weight is 265 g/mol. The smallest absolute Gasteiger partial charge is 0.165 e. The minimum absolute atomic E-state index is 0.0202. The molecule has 0 saturated carbocycles. The molecular formula is C15H23NO3. The summed E-state index contributed by atoms with van der Waals surface area (Å²) in [6.45, 7) is 1.71. The van der Waals surface area contributed by atoms with Gasteiger partial charge in [-0.05, 0) is 31.2 Å². The van der Waals surface area contributed by atoms with E-state index in [0.29, 0.717) is 5.92 Å². The summed E-state index contributed by atoms with van der Waals surface area (Å²) in [5.74, 6) is 2.13. The van der Waals surface area contributed by atoms with Crippen LogP contribution in [0.5, 0.6) is 11.5 Å². The zero-order valence-corrected chi connectivity index (χ0v) is 11.7. The molecule has 4 nitrogen and oxygen atoms in total. The number of hydrogen-bond acceptors (Lipinski definition) is 4. The Kier molecular flexibility index (Phi) is 5.05. The standard InChI is InChI=1S/C15H23NO3/c1-17-14-5-3-4-12(15(14)18-2)13(16)10-11-6-8-19-9-7-11/h3-5,11,13H,6-10,16H2,1-2H3. The van der Waals surface area contributed by atoms with E-state index in [1.165, 1.54) is 0 Å². The first-order valence-electron chi connectivity index (χ1n) is 6.80. The summed E-state index contributed by atoms with van der Waals surface area (Å²) in [7, 11) is 3.30. The van der Waals surface area contributed by atoms with Crippen molar-refractivity contribution in [2.24, 2.45) is 11.7 Å². The zero-order valence-electron chi connectivity index (χ0n) is 11.7. The van der Waals surface area contributed by atoms with Crippen LogP contribution >= 0.6 is 0 Å². The van der Waals surface area contributed by atoms with Crippen LogP contribution in [0, 0.1) is 5.92 Å². The van der Waals surface area contributed by atoms with Gasteiger partial charge in [-0.3, -0.25) is 0 Å². The number of methoxy groups -OCH3 is 2. The number of para-hydroxylation sites is 1. The van der Waals surface area contributed by atoms with Crippen molar-refractivity contribution in [1.29, 1.82) is 0 Å². The van der Waals surface area contributed by atoms with E-state index >= 15 is 0 Å². The predicted octanol–water partition coefficient (Wildman–Crippen LogP) is 2.52. The number of benzene rings is 1. The van der Waals surface area contributed by atoms with Crippen LogP contribution in [-0.2, 0) is 4.74 Å². The second-order valence-corrected chi connectivity index (χ2v) is 4.98. The van der Waals surface area contributed by atoms with Gasteiger partial charge in [-0.15, -0.1) is 0 Å². The van der Waals surface area contributed by atoms with Crippen LogP contribution in [0.15, 0.2) is 18.2 Å². The molecule has 1 saturated heterocycles. The Labute approximate surface area is 114 Å². The topological polar surface area (TPSA) is 53.7 Å². The van der Waals surface area contributed by atoms with Gasteiger partial charge >= 0.3 is 0 Å². The van der Waals surface area contributed by atoms with E-state index in [2.05, 4.69) is 0 Å². The highest BCUT2D eigenvalue weighted by Crippen LogP contribution is 2.36. The lowest BCUT2D eigenvalue weighted by Gasteiger charge is -2.26. The maximum Gasteiger partial charge on any atom is 0.165 e. The summed E-state index contributed by atoms with van der Waals surface area (Å²) in [5, 5.41) is 0. The van der Waals surface area contributed by atoms with Gasteiger partial charge in [0.1, 0.15) is 0 Å². The molecule has 0 aliphatic carbocycles. The fourth-order valence-corrected chi connectivity index (χ4v) is 2.67. The van der Waals surface area contributed by atoms with Gasteiger partial charge < -0.3 is 19.9 Å². The van der Waals surface area contributed by atoms with Gasteiger partial charge in [-0.1, -0.05) is 12.1 Å². The molecule has 2 rings (SSSR count). The molecule has 1 heterocycles. The van der Waals surface area contributed by atoms with E-state index in [-0.39, 0.29) is 6.04 Å². The van der Waals surface area contributed by atoms with Crippen molar-refractivity contribution in [2.75, 3.05) is 27.4 Å². The van der Waals surface area contributed by atoms with Gasteiger partial charge in [0.15, 0.2) is 11.5 Å². The second-order valence-electron chi connectivity index (χ2n) is 4.98. The van der Waals surface area contributed by atoms with Crippen LogP contribution in [0.4, 0.5) is 0 Å². The fraction of sp³-hybridized carbons (Fsp3) is 0.600. The van der Waals surface area contributed by atoms with Gasteiger partial charge in [0.2, 0.25) is 0 Å². The lowest BCUT2D eigenvalue weighted by atomic mass is 9.89. The van der Waals surface area contributed by atoms with Crippen LogP contribution in [0.3, 0.4) is 0 Å². The predicted molar refractivity (Wildman–Crippen MR) is 74.6 cm³/mol. The lowest BCUT2D eigenvalue weighted by molar-refractivity contribution is 0.0617. The summed E-state index contributed by atoms with van der Waals surface area (Å²) >= 11 is 0. The highest BCUT2D eigenvalue weighted by Gasteiger charge is 2.21. The third kappa shape index (κ3) is 3.39. The van der Waals surface area contributed by atoms with Crippen LogP contribution in [0.25, 0.3) is 0 Å². The normalized spacial score (nSPS) is 18.1. The van der Waals surface area contributed by atoms with Crippen LogP contribution < -0.4 is 15.2 Å². The van der Waals surface area contributed by atoms with Crippen molar-refractivity contribution in [1.82, 2.24) is 0 Å². The van der Waals surface area contributed by atoms with E-state index in [1.54, 1.807) is 14.2 Å². The van der Waals surface area contributed by atoms with Crippen LogP contribution in [0.1, 0.15) is 30.9 Å². The monoisotopic (exact) mass is 265 g/mol. The molecule has 2 N–H and O–H groups in total. The van der Waals surface area contributed by atoms with Crippen LogP contribution in [-0.4, -0.2) is 27.4 Å². The molecule has 1 unspecified atom stereocenters. The molecule has 0 spiro atoms. The molecule has 1 atom stereocenters. The largest absolute Gasteiger partial charge is 0.493 e. The average Bonchev–Trinajstić information content (AvgIpc) is 2.47. The number of nitrogens with two attached hydrogens (primary N) is 1. The molecular weight excluding hydrogens is 242 g/mol. The molecule has 19 heavy (non-hydrogen) atoms. The molecule has 1 aromatic carbocycles. The van der Waals surface area contributed by atoms with E-state index in [4.69, 9.17) is 19.9 Å². The summed E-state index contributed by atoms with van der Waals surface area (Å²) in [6.07, 6.45) is 3.16. The first-order chi connectivity index (χ1) is 9.26. The molecule has 0 bridgehead atoms. The Morgan fingerprint density at radius 1 is 1.26 bits per heavy atom. The fourth-order valence-electron chi connectivity index (χ4n) is 2.67. The molecule has 1 aromatic rings. The van der Waals surface area contributed by atoms with Crippen molar-refractivity contribution in [3.8, 4) is 11.5 Å².